The van der Waals surface area contributed by atoms with Crippen molar-refractivity contribution in [2.45, 2.75) is 53.6 Å². The summed E-state index contributed by atoms with van der Waals surface area (Å²) < 4.78 is 47.4. The Bertz CT molecular complexity index is 563. The number of hydrogen-bond donors (Lipinski definition) is 0. The third-order valence-electron chi connectivity index (χ3n) is 2.81. The van der Waals surface area contributed by atoms with E-state index in [0.717, 1.165) is 0 Å². The van der Waals surface area contributed by atoms with E-state index in [0.29, 0.717) is 0 Å². The second kappa shape index (κ2) is 7.60. The fourth-order valence-electron chi connectivity index (χ4n) is 1.91. The van der Waals surface area contributed by atoms with Crippen molar-refractivity contribution in [3.63, 3.8) is 0 Å². The Morgan fingerprint density at radius 2 is 1.78 bits per heavy atom. The van der Waals surface area contributed by atoms with E-state index < -0.39 is 25.2 Å². The molecule has 0 spiro atoms. The first-order valence-corrected chi connectivity index (χ1v) is 8.97. The van der Waals surface area contributed by atoms with Crippen LogP contribution in [0.1, 0.15) is 48.0 Å². The predicted octanol–water partition coefficient (Wildman–Crippen LogP) is 4.43. The summed E-state index contributed by atoms with van der Waals surface area (Å²) in [6.45, 7) is 9.96. The van der Waals surface area contributed by atoms with Crippen LogP contribution in [0.4, 0.5) is 4.39 Å². The first-order valence-electron chi connectivity index (χ1n) is 7.43. The minimum Gasteiger partial charge on any atom is -0.457 e. The lowest BCUT2D eigenvalue weighted by Crippen LogP contribution is -2.26. The topological polar surface area (TPSA) is 71.1 Å². The minimum absolute atomic E-state index is 0.0680. The number of hydrogen-bond acceptors (Lipinski definition) is 6. The molecule has 0 atom stereocenters. The summed E-state index contributed by atoms with van der Waals surface area (Å²) in [5.41, 5.74) is -0.621. The quantitative estimate of drug-likeness (QED) is 0.521. The molecule has 0 aromatic heterocycles. The highest BCUT2D eigenvalue weighted by Gasteiger charge is 2.40. The molecule has 0 bridgehead atoms. The van der Waals surface area contributed by atoms with Crippen molar-refractivity contribution < 1.29 is 32.3 Å². The van der Waals surface area contributed by atoms with Gasteiger partial charge in [0, 0.05) is 6.42 Å². The van der Waals surface area contributed by atoms with E-state index >= 15 is 0 Å². The minimum atomic E-state index is -3.87. The molecule has 6 nitrogen and oxygen atoms in total. The van der Waals surface area contributed by atoms with Gasteiger partial charge in [-0.15, -0.1) is 0 Å². The summed E-state index contributed by atoms with van der Waals surface area (Å²) in [4.78, 5) is 12.2. The maximum absolute atomic E-state index is 14.2. The first kappa shape index (κ1) is 19.9. The van der Waals surface area contributed by atoms with Gasteiger partial charge in [0.2, 0.25) is 0 Å². The van der Waals surface area contributed by atoms with E-state index in [2.05, 4.69) is 0 Å². The number of carbonyl (C=O) groups is 1. The van der Waals surface area contributed by atoms with Gasteiger partial charge < -0.3 is 18.5 Å². The van der Waals surface area contributed by atoms with E-state index in [-0.39, 0.29) is 36.3 Å². The smallest absolute Gasteiger partial charge is 0.363 e. The highest BCUT2D eigenvalue weighted by atomic mass is 31.2. The third kappa shape index (κ3) is 5.16. The molecule has 0 aliphatic carbocycles. The van der Waals surface area contributed by atoms with Crippen LogP contribution in [0.5, 0.6) is 0 Å². The Labute approximate surface area is 136 Å². The van der Waals surface area contributed by atoms with Crippen molar-refractivity contribution in [2.24, 2.45) is 0 Å². The second-order valence-corrected chi connectivity index (χ2v) is 7.92. The summed E-state index contributed by atoms with van der Waals surface area (Å²) in [7, 11) is -3.87. The van der Waals surface area contributed by atoms with E-state index in [1.807, 2.05) is 0 Å². The largest absolute Gasteiger partial charge is 0.457 e. The SMILES string of the molecule is CCOP(=O)(OCC)C1=C(F)OC(C)=C(C(=O)OC(C)(C)C)C1. The van der Waals surface area contributed by atoms with Gasteiger partial charge in [-0.05, 0) is 41.5 Å². The molecule has 0 unspecified atom stereocenters. The Morgan fingerprint density at radius 1 is 1.26 bits per heavy atom. The number of halogens is 1. The van der Waals surface area contributed by atoms with E-state index in [9.17, 15) is 13.8 Å². The highest BCUT2D eigenvalue weighted by molar-refractivity contribution is 7.58. The summed E-state index contributed by atoms with van der Waals surface area (Å²) in [6, 6.07) is -1.06. The van der Waals surface area contributed by atoms with Crippen molar-refractivity contribution in [1.29, 1.82) is 0 Å². The third-order valence-corrected chi connectivity index (χ3v) is 5.00. The van der Waals surface area contributed by atoms with Crippen LogP contribution >= 0.6 is 7.60 Å². The van der Waals surface area contributed by atoms with Crippen molar-refractivity contribution >= 4 is 13.6 Å². The zero-order valence-electron chi connectivity index (χ0n) is 14.4. The predicted molar refractivity (Wildman–Crippen MR) is 83.2 cm³/mol. The fraction of sp³-hybridized carbons (Fsp3) is 0.667. The Balaban J connectivity index is 3.12. The van der Waals surface area contributed by atoms with Crippen LogP contribution in [0.15, 0.2) is 22.7 Å². The monoisotopic (exact) mass is 350 g/mol. The molecule has 1 aliphatic rings. The average molecular weight is 350 g/mol. The number of rotatable bonds is 6. The Hall–Kier alpha value is -1.17. The van der Waals surface area contributed by atoms with Crippen molar-refractivity contribution in [3.05, 3.63) is 22.7 Å². The molecule has 0 radical (unpaired) electrons. The molecule has 0 amide bonds. The first-order chi connectivity index (χ1) is 10.5. The maximum Gasteiger partial charge on any atom is 0.363 e. The van der Waals surface area contributed by atoms with Crippen molar-refractivity contribution in [1.82, 2.24) is 0 Å². The lowest BCUT2D eigenvalue weighted by molar-refractivity contribution is -0.150. The summed E-state index contributed by atoms with van der Waals surface area (Å²) >= 11 is 0. The van der Waals surface area contributed by atoms with Gasteiger partial charge in [-0.3, -0.25) is 4.57 Å². The van der Waals surface area contributed by atoms with Gasteiger partial charge >= 0.3 is 13.6 Å². The Morgan fingerprint density at radius 3 is 2.22 bits per heavy atom. The standard InChI is InChI=1S/C15H24FO6P/c1-7-19-23(18,20-8-2)12-9-11(10(3)21-13(12)16)14(17)22-15(4,5)6/h7-9H2,1-6H3. The van der Waals surface area contributed by atoms with Gasteiger partial charge in [0.1, 0.15) is 16.7 Å². The van der Waals surface area contributed by atoms with E-state index in [1.165, 1.54) is 6.92 Å². The molecular formula is C15H24FO6P. The normalized spacial score (nSPS) is 16.5. The molecule has 8 heteroatoms. The van der Waals surface area contributed by atoms with Gasteiger partial charge in [-0.25, -0.2) is 4.79 Å². The average Bonchev–Trinajstić information content (AvgIpc) is 2.36. The number of allylic oxidation sites excluding steroid dienone is 2. The fourth-order valence-corrected chi connectivity index (χ4v) is 3.59. The zero-order valence-corrected chi connectivity index (χ0v) is 15.3. The van der Waals surface area contributed by atoms with Crippen LogP contribution in [0.3, 0.4) is 0 Å². The summed E-state index contributed by atoms with van der Waals surface area (Å²) in [5, 5.41) is -0.298. The number of esters is 1. The molecule has 132 valence electrons. The molecule has 1 rings (SSSR count). The van der Waals surface area contributed by atoms with Crippen LogP contribution in [0.2, 0.25) is 0 Å². The van der Waals surface area contributed by atoms with Gasteiger partial charge in [-0.2, -0.15) is 4.39 Å². The molecule has 0 N–H and O–H groups in total. The van der Waals surface area contributed by atoms with Crippen LogP contribution in [0.25, 0.3) is 0 Å². The summed E-state index contributed by atoms with van der Waals surface area (Å²) in [6.07, 6.45) is -0.246. The van der Waals surface area contributed by atoms with Crippen LogP contribution in [-0.4, -0.2) is 24.8 Å². The number of carbonyl (C=O) groups excluding carboxylic acids is 1. The van der Waals surface area contributed by atoms with Gasteiger partial charge in [0.15, 0.2) is 0 Å². The zero-order chi connectivity index (χ0) is 17.8. The second-order valence-electron chi connectivity index (χ2n) is 5.87. The van der Waals surface area contributed by atoms with Crippen LogP contribution < -0.4 is 0 Å². The number of ether oxygens (including phenoxy) is 2. The lowest BCUT2D eigenvalue weighted by atomic mass is 10.1. The molecule has 0 aromatic carbocycles. The van der Waals surface area contributed by atoms with E-state index in [1.54, 1.807) is 34.6 Å². The molecule has 0 saturated heterocycles. The molecule has 1 heterocycles. The van der Waals surface area contributed by atoms with Crippen molar-refractivity contribution in [3.8, 4) is 0 Å². The van der Waals surface area contributed by atoms with Crippen LogP contribution in [0, 0.1) is 0 Å². The molecule has 0 fully saturated rings. The maximum atomic E-state index is 14.2. The molecule has 0 saturated carbocycles. The van der Waals surface area contributed by atoms with Gasteiger partial charge in [0.25, 0.3) is 6.01 Å². The summed E-state index contributed by atoms with van der Waals surface area (Å²) in [5.74, 6) is -0.584. The van der Waals surface area contributed by atoms with E-state index in [4.69, 9.17) is 18.5 Å². The van der Waals surface area contributed by atoms with Gasteiger partial charge in [-0.1, -0.05) is 0 Å². The Kier molecular flexibility index (Phi) is 6.57. The van der Waals surface area contributed by atoms with Crippen LogP contribution in [-0.2, 0) is 27.9 Å². The van der Waals surface area contributed by atoms with Crippen molar-refractivity contribution in [2.75, 3.05) is 13.2 Å². The molecule has 23 heavy (non-hydrogen) atoms. The molecular weight excluding hydrogens is 326 g/mol. The lowest BCUT2D eigenvalue weighted by Gasteiger charge is -2.26. The molecule has 1 aliphatic heterocycles. The highest BCUT2D eigenvalue weighted by Crippen LogP contribution is 2.60. The van der Waals surface area contributed by atoms with Gasteiger partial charge in [0.05, 0.1) is 18.8 Å². The molecule has 0 aromatic rings.